The number of rotatable bonds is 6. The molecule has 0 fully saturated rings. The van der Waals surface area contributed by atoms with Crippen LogP contribution in [0.2, 0.25) is 0 Å². The standard InChI is InChI=1S/C9H18N2O2.2C2H6/c1-4-11(5-2)8(7(3)12)6-9(10)13;2*1-2/h8H,4-6H2,1-3H3,(H2,10,13);2*1-2H3. The van der Waals surface area contributed by atoms with Crippen molar-refractivity contribution in [3.63, 3.8) is 0 Å². The summed E-state index contributed by atoms with van der Waals surface area (Å²) < 4.78 is 0. The van der Waals surface area contributed by atoms with E-state index in [1.807, 2.05) is 46.4 Å². The molecule has 0 saturated carbocycles. The summed E-state index contributed by atoms with van der Waals surface area (Å²) in [5.74, 6) is -0.422. The molecule has 1 atom stereocenters. The Morgan fingerprint density at radius 3 is 1.59 bits per heavy atom. The highest BCUT2D eigenvalue weighted by atomic mass is 16.1. The van der Waals surface area contributed by atoms with Crippen molar-refractivity contribution in [1.82, 2.24) is 4.90 Å². The predicted molar refractivity (Wildman–Crippen MR) is 73.9 cm³/mol. The molecule has 0 aromatic rings. The first-order valence-corrected chi connectivity index (χ1v) is 6.55. The van der Waals surface area contributed by atoms with E-state index in [1.165, 1.54) is 6.92 Å². The van der Waals surface area contributed by atoms with E-state index in [0.717, 1.165) is 13.1 Å². The maximum Gasteiger partial charge on any atom is 0.219 e. The molecule has 17 heavy (non-hydrogen) atoms. The third kappa shape index (κ3) is 11.4. The summed E-state index contributed by atoms with van der Waals surface area (Å²) in [5, 5.41) is 0. The van der Waals surface area contributed by atoms with Crippen molar-refractivity contribution in [2.75, 3.05) is 13.1 Å². The number of Topliss-reactive ketones (excluding diaryl/α,β-unsaturated/α-hetero) is 1. The molecule has 0 heterocycles. The molecule has 4 heteroatoms. The molecule has 2 N–H and O–H groups in total. The molecule has 0 aromatic heterocycles. The molecular formula is C13H30N2O2. The number of hydrogen-bond donors (Lipinski definition) is 1. The molecule has 104 valence electrons. The van der Waals surface area contributed by atoms with Gasteiger partial charge in [0.2, 0.25) is 5.91 Å². The van der Waals surface area contributed by atoms with Crippen molar-refractivity contribution in [2.24, 2.45) is 5.73 Å². The molecule has 0 aliphatic carbocycles. The Balaban J connectivity index is -0.000000439. The van der Waals surface area contributed by atoms with Gasteiger partial charge in [-0.2, -0.15) is 0 Å². The van der Waals surface area contributed by atoms with E-state index in [2.05, 4.69) is 0 Å². The van der Waals surface area contributed by atoms with Crippen molar-refractivity contribution in [3.05, 3.63) is 0 Å². The van der Waals surface area contributed by atoms with E-state index < -0.39 is 5.91 Å². The van der Waals surface area contributed by atoms with Crippen molar-refractivity contribution in [2.45, 2.75) is 60.9 Å². The molecular weight excluding hydrogens is 216 g/mol. The Hall–Kier alpha value is -0.900. The van der Waals surface area contributed by atoms with Crippen LogP contribution in [0.25, 0.3) is 0 Å². The van der Waals surface area contributed by atoms with Gasteiger partial charge in [0.25, 0.3) is 0 Å². The second-order valence-corrected chi connectivity index (χ2v) is 3.02. The van der Waals surface area contributed by atoms with E-state index in [1.54, 1.807) is 0 Å². The van der Waals surface area contributed by atoms with Crippen LogP contribution in [-0.2, 0) is 9.59 Å². The lowest BCUT2D eigenvalue weighted by Crippen LogP contribution is -2.42. The summed E-state index contributed by atoms with van der Waals surface area (Å²) >= 11 is 0. The van der Waals surface area contributed by atoms with E-state index in [-0.39, 0.29) is 18.2 Å². The topological polar surface area (TPSA) is 63.4 Å². The average molecular weight is 246 g/mol. The number of amides is 1. The predicted octanol–water partition coefficient (Wildman–Crippen LogP) is 2.21. The van der Waals surface area contributed by atoms with Gasteiger partial charge in [0.1, 0.15) is 5.78 Å². The van der Waals surface area contributed by atoms with Crippen LogP contribution in [-0.4, -0.2) is 35.7 Å². The molecule has 0 rings (SSSR count). The SMILES string of the molecule is CC.CC.CCN(CC)C(CC(N)=O)C(C)=O. The van der Waals surface area contributed by atoms with Gasteiger partial charge in [-0.15, -0.1) is 0 Å². The van der Waals surface area contributed by atoms with E-state index in [4.69, 9.17) is 5.73 Å². The van der Waals surface area contributed by atoms with E-state index >= 15 is 0 Å². The number of nitrogens with two attached hydrogens (primary N) is 1. The molecule has 0 aliphatic heterocycles. The average Bonchev–Trinajstić information content (AvgIpc) is 2.34. The zero-order valence-corrected chi connectivity index (χ0v) is 12.5. The second kappa shape index (κ2) is 15.1. The van der Waals surface area contributed by atoms with Gasteiger partial charge in [0.05, 0.1) is 6.04 Å². The highest BCUT2D eigenvalue weighted by molar-refractivity contribution is 5.87. The molecule has 1 amide bonds. The Kier molecular flexibility index (Phi) is 19.0. The molecule has 1 unspecified atom stereocenters. The lowest BCUT2D eigenvalue weighted by Gasteiger charge is -2.26. The minimum Gasteiger partial charge on any atom is -0.370 e. The number of likely N-dealkylation sites (N-methyl/N-ethyl adjacent to an activating group) is 1. The summed E-state index contributed by atoms with van der Waals surface area (Å²) in [6.45, 7) is 14.9. The van der Waals surface area contributed by atoms with Gasteiger partial charge >= 0.3 is 0 Å². The van der Waals surface area contributed by atoms with E-state index in [9.17, 15) is 9.59 Å². The Bertz CT molecular complexity index is 190. The largest absolute Gasteiger partial charge is 0.370 e. The lowest BCUT2D eigenvalue weighted by atomic mass is 10.1. The summed E-state index contributed by atoms with van der Waals surface area (Å²) in [7, 11) is 0. The molecule has 0 spiro atoms. The van der Waals surface area contributed by atoms with Gasteiger partial charge in [0.15, 0.2) is 0 Å². The lowest BCUT2D eigenvalue weighted by molar-refractivity contribution is -0.127. The van der Waals surface area contributed by atoms with Crippen LogP contribution >= 0.6 is 0 Å². The number of nitrogens with zero attached hydrogens (tertiary/aromatic N) is 1. The molecule has 0 radical (unpaired) electrons. The van der Waals surface area contributed by atoms with Crippen LogP contribution in [0.15, 0.2) is 0 Å². The monoisotopic (exact) mass is 246 g/mol. The third-order valence-corrected chi connectivity index (χ3v) is 2.12. The molecule has 0 saturated heterocycles. The van der Waals surface area contributed by atoms with Crippen molar-refractivity contribution < 1.29 is 9.59 Å². The molecule has 0 aromatic carbocycles. The van der Waals surface area contributed by atoms with Crippen molar-refractivity contribution >= 4 is 11.7 Å². The van der Waals surface area contributed by atoms with Crippen LogP contribution in [0, 0.1) is 0 Å². The highest BCUT2D eigenvalue weighted by Crippen LogP contribution is 2.04. The summed E-state index contributed by atoms with van der Waals surface area (Å²) in [4.78, 5) is 23.8. The zero-order valence-electron chi connectivity index (χ0n) is 12.5. The molecule has 0 aliphatic rings. The first-order valence-electron chi connectivity index (χ1n) is 6.55. The number of ketones is 1. The van der Waals surface area contributed by atoms with Gasteiger partial charge in [-0.25, -0.2) is 0 Å². The number of carbonyl (C=O) groups excluding carboxylic acids is 2. The summed E-state index contributed by atoms with van der Waals surface area (Å²) in [6.07, 6.45) is 0.122. The second-order valence-electron chi connectivity index (χ2n) is 3.02. The van der Waals surface area contributed by atoms with Crippen LogP contribution in [0.4, 0.5) is 0 Å². The van der Waals surface area contributed by atoms with E-state index in [0.29, 0.717) is 0 Å². The zero-order chi connectivity index (χ0) is 14.4. The fraction of sp³-hybridized carbons (Fsp3) is 0.846. The normalized spacial score (nSPS) is 10.6. The molecule has 4 nitrogen and oxygen atoms in total. The van der Waals surface area contributed by atoms with Gasteiger partial charge in [-0.3, -0.25) is 14.5 Å². The Morgan fingerprint density at radius 2 is 1.41 bits per heavy atom. The van der Waals surface area contributed by atoms with Crippen LogP contribution in [0.3, 0.4) is 0 Å². The minimum atomic E-state index is -0.424. The summed E-state index contributed by atoms with van der Waals surface area (Å²) in [6, 6.07) is -0.340. The highest BCUT2D eigenvalue weighted by Gasteiger charge is 2.21. The Labute approximate surface area is 107 Å². The maximum absolute atomic E-state index is 11.2. The first-order chi connectivity index (χ1) is 8.02. The minimum absolute atomic E-state index is 0.00231. The smallest absolute Gasteiger partial charge is 0.219 e. The van der Waals surface area contributed by atoms with Crippen LogP contribution in [0.5, 0.6) is 0 Å². The van der Waals surface area contributed by atoms with Crippen molar-refractivity contribution in [1.29, 1.82) is 0 Å². The van der Waals surface area contributed by atoms with Crippen molar-refractivity contribution in [3.8, 4) is 0 Å². The van der Waals surface area contributed by atoms with Gasteiger partial charge in [-0.1, -0.05) is 41.5 Å². The Morgan fingerprint density at radius 1 is 1.06 bits per heavy atom. The number of carbonyl (C=O) groups is 2. The van der Waals surface area contributed by atoms with Gasteiger partial charge in [0, 0.05) is 6.42 Å². The third-order valence-electron chi connectivity index (χ3n) is 2.12. The first kappa shape index (κ1) is 21.4. The van der Waals surface area contributed by atoms with Gasteiger partial charge in [-0.05, 0) is 20.0 Å². The molecule has 0 bridgehead atoms. The van der Waals surface area contributed by atoms with Crippen LogP contribution in [0.1, 0.15) is 54.9 Å². The van der Waals surface area contributed by atoms with Gasteiger partial charge < -0.3 is 5.73 Å². The fourth-order valence-corrected chi connectivity index (χ4v) is 1.38. The maximum atomic E-state index is 11.2. The number of hydrogen-bond acceptors (Lipinski definition) is 3. The summed E-state index contributed by atoms with van der Waals surface area (Å²) in [5.41, 5.74) is 5.06. The van der Waals surface area contributed by atoms with Crippen LogP contribution < -0.4 is 5.73 Å². The fourth-order valence-electron chi connectivity index (χ4n) is 1.38. The number of primary amides is 1. The quantitative estimate of drug-likeness (QED) is 0.781.